The molecule has 2 aromatic heterocycles. The van der Waals surface area contributed by atoms with Gasteiger partial charge in [0, 0.05) is 7.11 Å². The molecule has 24 heavy (non-hydrogen) atoms. The number of anilines is 1. The van der Waals surface area contributed by atoms with Gasteiger partial charge in [0.2, 0.25) is 5.91 Å². The summed E-state index contributed by atoms with van der Waals surface area (Å²) in [5.41, 5.74) is 1.32. The van der Waals surface area contributed by atoms with Gasteiger partial charge in [-0.15, -0.1) is 0 Å². The Bertz CT molecular complexity index is 751. The lowest BCUT2D eigenvalue weighted by Crippen LogP contribution is -2.25. The van der Waals surface area contributed by atoms with Gasteiger partial charge >= 0.3 is 5.69 Å². The van der Waals surface area contributed by atoms with E-state index in [9.17, 15) is 14.9 Å². The molecule has 1 amide bonds. The molecule has 2 aromatic rings. The van der Waals surface area contributed by atoms with E-state index in [1.165, 1.54) is 10.9 Å². The average molecular weight is 336 g/mol. The summed E-state index contributed by atoms with van der Waals surface area (Å²) in [4.78, 5) is 22.8. The van der Waals surface area contributed by atoms with Crippen LogP contribution in [0.15, 0.2) is 12.4 Å². The third kappa shape index (κ3) is 3.77. The zero-order valence-corrected chi connectivity index (χ0v) is 14.0. The van der Waals surface area contributed by atoms with Crippen molar-refractivity contribution in [3.63, 3.8) is 0 Å². The highest BCUT2D eigenvalue weighted by Gasteiger charge is 2.24. The molecule has 0 bridgehead atoms. The molecule has 10 nitrogen and oxygen atoms in total. The summed E-state index contributed by atoms with van der Waals surface area (Å²) in [5, 5.41) is 22.0. The molecule has 10 heteroatoms. The van der Waals surface area contributed by atoms with Crippen molar-refractivity contribution in [2.75, 3.05) is 12.4 Å². The van der Waals surface area contributed by atoms with E-state index in [0.29, 0.717) is 23.8 Å². The Balaban J connectivity index is 2.03. The molecule has 130 valence electrons. The molecular formula is C14H20N6O4. The first-order valence-electron chi connectivity index (χ1n) is 7.34. The lowest BCUT2D eigenvalue weighted by atomic mass is 10.1. The summed E-state index contributed by atoms with van der Waals surface area (Å²) < 4.78 is 7.98. The van der Waals surface area contributed by atoms with Crippen LogP contribution < -0.4 is 5.32 Å². The number of hydrogen-bond donors (Lipinski definition) is 1. The number of hydrogen-bond acceptors (Lipinski definition) is 6. The Labute approximate surface area is 138 Å². The topological polar surface area (TPSA) is 117 Å². The van der Waals surface area contributed by atoms with Gasteiger partial charge in [-0.1, -0.05) is 6.92 Å². The van der Waals surface area contributed by atoms with Crippen LogP contribution in [0.4, 0.5) is 11.4 Å². The zero-order valence-electron chi connectivity index (χ0n) is 14.0. The number of methoxy groups -OCH3 is 1. The molecule has 0 saturated carbocycles. The minimum Gasteiger partial charge on any atom is -0.362 e. The molecule has 0 fully saturated rings. The van der Waals surface area contributed by atoms with E-state index in [4.69, 9.17) is 4.74 Å². The molecule has 2 heterocycles. The van der Waals surface area contributed by atoms with Crippen molar-refractivity contribution in [3.8, 4) is 0 Å². The molecule has 0 radical (unpaired) electrons. The fraction of sp³-hybridized carbons (Fsp3) is 0.500. The maximum absolute atomic E-state index is 12.3. The predicted octanol–water partition coefficient (Wildman–Crippen LogP) is 1.48. The third-order valence-corrected chi connectivity index (χ3v) is 3.58. The summed E-state index contributed by atoms with van der Waals surface area (Å²) in [5.74, 6) is -0.643. The molecule has 1 N–H and O–H groups in total. The quantitative estimate of drug-likeness (QED) is 0.604. The second kappa shape index (κ2) is 7.21. The van der Waals surface area contributed by atoms with Gasteiger partial charge in [0.15, 0.2) is 0 Å². The largest absolute Gasteiger partial charge is 0.362 e. The van der Waals surface area contributed by atoms with Crippen molar-refractivity contribution in [3.05, 3.63) is 33.9 Å². The van der Waals surface area contributed by atoms with Gasteiger partial charge in [-0.3, -0.25) is 19.6 Å². The highest BCUT2D eigenvalue weighted by molar-refractivity contribution is 5.91. The monoisotopic (exact) mass is 336 g/mol. The van der Waals surface area contributed by atoms with Crippen LogP contribution in [-0.4, -0.2) is 37.5 Å². The lowest BCUT2D eigenvalue weighted by Gasteiger charge is -2.12. The average Bonchev–Trinajstić information content (AvgIpc) is 3.04. The van der Waals surface area contributed by atoms with E-state index < -0.39 is 10.8 Å². The number of ether oxygens (including phenoxy) is 1. The Morgan fingerprint density at radius 1 is 1.50 bits per heavy atom. The molecule has 0 spiro atoms. The number of amides is 1. The molecule has 0 aromatic carbocycles. The number of nitrogens with zero attached hydrogens (tertiary/aromatic N) is 5. The van der Waals surface area contributed by atoms with Crippen LogP contribution in [0.5, 0.6) is 0 Å². The summed E-state index contributed by atoms with van der Waals surface area (Å²) in [7, 11) is 1.55. The summed E-state index contributed by atoms with van der Waals surface area (Å²) in [6.45, 7) is 5.48. The van der Waals surface area contributed by atoms with Gasteiger partial charge < -0.3 is 10.1 Å². The SMILES string of the molecule is COCn1cc(NC(=O)C(C)Cn2nc(C)c([N+](=O)[O-])c2C)cn1. The second-order valence-corrected chi connectivity index (χ2v) is 5.54. The molecule has 0 aliphatic heterocycles. The fourth-order valence-corrected chi connectivity index (χ4v) is 2.37. The van der Waals surface area contributed by atoms with Gasteiger partial charge in [0.05, 0.1) is 35.5 Å². The number of carbonyl (C=O) groups is 1. The van der Waals surface area contributed by atoms with E-state index >= 15 is 0 Å². The highest BCUT2D eigenvalue weighted by Crippen LogP contribution is 2.22. The Morgan fingerprint density at radius 2 is 2.21 bits per heavy atom. The fourth-order valence-electron chi connectivity index (χ4n) is 2.37. The predicted molar refractivity (Wildman–Crippen MR) is 85.4 cm³/mol. The van der Waals surface area contributed by atoms with Gasteiger partial charge in [-0.25, -0.2) is 4.68 Å². The Morgan fingerprint density at radius 3 is 2.79 bits per heavy atom. The first kappa shape index (κ1) is 17.6. The Hall–Kier alpha value is -2.75. The van der Waals surface area contributed by atoms with Crippen LogP contribution in [0, 0.1) is 29.9 Å². The summed E-state index contributed by atoms with van der Waals surface area (Å²) in [6.07, 6.45) is 3.18. The Kier molecular flexibility index (Phi) is 5.29. The normalized spacial score (nSPS) is 12.2. The standard InChI is InChI=1S/C14H20N6O4/c1-9(6-19-11(3)13(20(22)23)10(2)17-19)14(21)16-12-5-15-18(7-12)8-24-4/h5,7,9H,6,8H2,1-4H3,(H,16,21). The number of carbonyl (C=O) groups excluding carboxylic acids is 1. The van der Waals surface area contributed by atoms with Crippen molar-refractivity contribution in [1.82, 2.24) is 19.6 Å². The number of aromatic nitrogens is 4. The summed E-state index contributed by atoms with van der Waals surface area (Å²) >= 11 is 0. The highest BCUT2D eigenvalue weighted by atomic mass is 16.6. The molecule has 0 saturated heterocycles. The number of aryl methyl sites for hydroxylation is 1. The summed E-state index contributed by atoms with van der Waals surface area (Å²) in [6, 6.07) is 0. The van der Waals surface area contributed by atoms with Crippen LogP contribution in [0.1, 0.15) is 18.3 Å². The number of rotatable bonds is 7. The van der Waals surface area contributed by atoms with Crippen molar-refractivity contribution in [2.45, 2.75) is 34.0 Å². The van der Waals surface area contributed by atoms with Crippen LogP contribution in [0.2, 0.25) is 0 Å². The van der Waals surface area contributed by atoms with E-state index in [1.54, 1.807) is 38.8 Å². The molecule has 0 aliphatic carbocycles. The molecule has 1 atom stereocenters. The maximum Gasteiger partial charge on any atom is 0.312 e. The van der Waals surface area contributed by atoms with Crippen LogP contribution in [-0.2, 0) is 22.8 Å². The van der Waals surface area contributed by atoms with Gasteiger partial charge in [0.1, 0.15) is 18.1 Å². The first-order chi connectivity index (χ1) is 11.3. The minimum atomic E-state index is -0.455. The maximum atomic E-state index is 12.3. The van der Waals surface area contributed by atoms with E-state index in [0.717, 1.165) is 0 Å². The van der Waals surface area contributed by atoms with Crippen molar-refractivity contribution < 1.29 is 14.5 Å². The van der Waals surface area contributed by atoms with Crippen LogP contribution in [0.3, 0.4) is 0 Å². The van der Waals surface area contributed by atoms with E-state index in [2.05, 4.69) is 15.5 Å². The number of nitro groups is 1. The van der Waals surface area contributed by atoms with Crippen LogP contribution >= 0.6 is 0 Å². The second-order valence-electron chi connectivity index (χ2n) is 5.54. The van der Waals surface area contributed by atoms with Gasteiger partial charge in [-0.2, -0.15) is 10.2 Å². The van der Waals surface area contributed by atoms with Crippen LogP contribution in [0.25, 0.3) is 0 Å². The smallest absolute Gasteiger partial charge is 0.312 e. The van der Waals surface area contributed by atoms with Gasteiger partial charge in [-0.05, 0) is 13.8 Å². The van der Waals surface area contributed by atoms with Gasteiger partial charge in [0.25, 0.3) is 0 Å². The zero-order chi connectivity index (χ0) is 17.9. The minimum absolute atomic E-state index is 0.0107. The molecule has 2 rings (SSSR count). The molecule has 1 unspecified atom stereocenters. The van der Waals surface area contributed by atoms with Crippen molar-refractivity contribution in [1.29, 1.82) is 0 Å². The third-order valence-electron chi connectivity index (χ3n) is 3.58. The number of nitrogens with one attached hydrogen (secondary N) is 1. The molecule has 0 aliphatic rings. The van der Waals surface area contributed by atoms with Crippen molar-refractivity contribution >= 4 is 17.3 Å². The van der Waals surface area contributed by atoms with E-state index in [-0.39, 0.29) is 18.1 Å². The first-order valence-corrected chi connectivity index (χ1v) is 7.34. The molecular weight excluding hydrogens is 316 g/mol. The van der Waals surface area contributed by atoms with Crippen molar-refractivity contribution in [2.24, 2.45) is 5.92 Å². The lowest BCUT2D eigenvalue weighted by molar-refractivity contribution is -0.386. The van der Waals surface area contributed by atoms with E-state index in [1.807, 2.05) is 0 Å².